The Hall–Kier alpha value is -0.860. The number of Topliss-reactive ketones (excluding diaryl/α,β-unsaturated/α-hetero) is 1. The van der Waals surface area contributed by atoms with E-state index in [0.717, 1.165) is 0 Å². The number of carbonyl (C=O) groups excluding carboxylic acids is 1. The zero-order valence-electron chi connectivity index (χ0n) is 6.62. The number of alkyl halides is 1. The Morgan fingerprint density at radius 1 is 1.42 bits per heavy atom. The summed E-state index contributed by atoms with van der Waals surface area (Å²) in [4.78, 5) is 11.3. The third-order valence-corrected chi connectivity index (χ3v) is 1.62. The van der Waals surface area contributed by atoms with Crippen LogP contribution in [0.4, 0.5) is 0 Å². The van der Waals surface area contributed by atoms with Gasteiger partial charge >= 0.3 is 0 Å². The Bertz CT molecular complexity index is 274. The lowest BCUT2D eigenvalue weighted by Gasteiger charge is -2.12. The molecule has 1 rings (SSSR count). The highest BCUT2D eigenvalue weighted by Gasteiger charge is 2.27. The highest BCUT2D eigenvalue weighted by Crippen LogP contribution is 2.16. The third-order valence-electron chi connectivity index (χ3n) is 1.45. The second-order valence-electron chi connectivity index (χ2n) is 2.65. The molecular formula is C9H9ClO2. The minimum atomic E-state index is -1.80. The first kappa shape index (κ1) is 9.23. The minimum absolute atomic E-state index is 0.414. The van der Waals surface area contributed by atoms with Crippen LogP contribution in [0.1, 0.15) is 17.3 Å². The maximum atomic E-state index is 11.3. The van der Waals surface area contributed by atoms with Crippen LogP contribution in [0.25, 0.3) is 0 Å². The van der Waals surface area contributed by atoms with E-state index >= 15 is 0 Å². The Morgan fingerprint density at radius 3 is 2.33 bits per heavy atom. The normalized spacial score (nSPS) is 15.2. The van der Waals surface area contributed by atoms with Crippen LogP contribution >= 0.6 is 11.6 Å². The van der Waals surface area contributed by atoms with Crippen molar-refractivity contribution in [2.24, 2.45) is 0 Å². The lowest BCUT2D eigenvalue weighted by Crippen LogP contribution is -2.27. The van der Waals surface area contributed by atoms with Gasteiger partial charge in [0, 0.05) is 5.56 Å². The highest BCUT2D eigenvalue weighted by atomic mass is 35.5. The second kappa shape index (κ2) is 3.25. The van der Waals surface area contributed by atoms with Gasteiger partial charge in [0.2, 0.25) is 5.78 Å². The van der Waals surface area contributed by atoms with Crippen molar-refractivity contribution in [1.29, 1.82) is 0 Å². The molecule has 0 aromatic heterocycles. The van der Waals surface area contributed by atoms with E-state index in [1.165, 1.54) is 6.92 Å². The van der Waals surface area contributed by atoms with E-state index in [2.05, 4.69) is 0 Å². The maximum absolute atomic E-state index is 11.3. The summed E-state index contributed by atoms with van der Waals surface area (Å²) in [6.45, 7) is 1.25. The topological polar surface area (TPSA) is 37.3 Å². The van der Waals surface area contributed by atoms with Gasteiger partial charge in [-0.3, -0.25) is 4.79 Å². The van der Waals surface area contributed by atoms with Crippen molar-refractivity contribution in [3.63, 3.8) is 0 Å². The average Bonchev–Trinajstić information content (AvgIpc) is 2.03. The molecule has 3 heteroatoms. The van der Waals surface area contributed by atoms with Crippen molar-refractivity contribution in [2.45, 2.75) is 12.0 Å². The lowest BCUT2D eigenvalue weighted by molar-refractivity contribution is 0.0689. The molecule has 2 nitrogen and oxygen atoms in total. The fraction of sp³-hybridized carbons (Fsp3) is 0.222. The number of aliphatic hydroxyl groups is 1. The summed E-state index contributed by atoms with van der Waals surface area (Å²) in [5.74, 6) is -0.482. The zero-order valence-corrected chi connectivity index (χ0v) is 7.38. The van der Waals surface area contributed by atoms with Gasteiger partial charge in [0.05, 0.1) is 0 Å². The zero-order chi connectivity index (χ0) is 9.19. The molecular weight excluding hydrogens is 176 g/mol. The number of benzene rings is 1. The van der Waals surface area contributed by atoms with Crippen molar-refractivity contribution in [2.75, 3.05) is 0 Å². The Labute approximate surface area is 75.8 Å². The van der Waals surface area contributed by atoms with Crippen molar-refractivity contribution in [3.8, 4) is 0 Å². The average molecular weight is 185 g/mol. The van der Waals surface area contributed by atoms with Gasteiger partial charge in [0.1, 0.15) is 0 Å². The smallest absolute Gasteiger partial charge is 0.209 e. The lowest BCUT2D eigenvalue weighted by atomic mass is 10.1. The molecule has 1 unspecified atom stereocenters. The van der Waals surface area contributed by atoms with Gasteiger partial charge in [0.25, 0.3) is 0 Å². The fourth-order valence-electron chi connectivity index (χ4n) is 0.853. The third kappa shape index (κ3) is 2.06. The van der Waals surface area contributed by atoms with Gasteiger partial charge in [0.15, 0.2) is 5.06 Å². The Morgan fingerprint density at radius 2 is 1.92 bits per heavy atom. The van der Waals surface area contributed by atoms with Crippen LogP contribution in [0, 0.1) is 0 Å². The van der Waals surface area contributed by atoms with E-state index in [1.54, 1.807) is 30.3 Å². The summed E-state index contributed by atoms with van der Waals surface area (Å²) >= 11 is 5.42. The summed E-state index contributed by atoms with van der Waals surface area (Å²) in [5.41, 5.74) is 0.414. The fourth-order valence-corrected chi connectivity index (χ4v) is 0.962. The molecule has 1 atom stereocenters. The van der Waals surface area contributed by atoms with E-state index in [9.17, 15) is 4.79 Å². The number of ketones is 1. The van der Waals surface area contributed by atoms with Crippen molar-refractivity contribution >= 4 is 17.4 Å². The van der Waals surface area contributed by atoms with Crippen LogP contribution in [0.15, 0.2) is 30.3 Å². The Kier molecular flexibility index (Phi) is 2.50. The van der Waals surface area contributed by atoms with Crippen molar-refractivity contribution < 1.29 is 9.90 Å². The molecule has 0 saturated carbocycles. The molecule has 0 amide bonds. The molecule has 1 aromatic rings. The van der Waals surface area contributed by atoms with Crippen molar-refractivity contribution in [3.05, 3.63) is 35.9 Å². The molecule has 1 aromatic carbocycles. The molecule has 0 fully saturated rings. The highest BCUT2D eigenvalue weighted by molar-refractivity contribution is 6.36. The molecule has 0 aliphatic heterocycles. The molecule has 0 radical (unpaired) electrons. The maximum Gasteiger partial charge on any atom is 0.209 e. The molecule has 64 valence electrons. The van der Waals surface area contributed by atoms with Crippen LogP contribution in [0.5, 0.6) is 0 Å². The van der Waals surface area contributed by atoms with E-state index in [-0.39, 0.29) is 0 Å². The van der Waals surface area contributed by atoms with Crippen LogP contribution in [0.2, 0.25) is 0 Å². The molecule has 12 heavy (non-hydrogen) atoms. The molecule has 0 saturated heterocycles. The number of rotatable bonds is 2. The number of hydrogen-bond acceptors (Lipinski definition) is 2. The van der Waals surface area contributed by atoms with E-state index < -0.39 is 10.8 Å². The minimum Gasteiger partial charge on any atom is -0.369 e. The van der Waals surface area contributed by atoms with E-state index in [0.29, 0.717) is 5.56 Å². The number of hydrogen-bond donors (Lipinski definition) is 1. The van der Waals surface area contributed by atoms with Gasteiger partial charge < -0.3 is 5.11 Å². The van der Waals surface area contributed by atoms with Crippen molar-refractivity contribution in [1.82, 2.24) is 0 Å². The molecule has 0 aliphatic carbocycles. The Balaban J connectivity index is 2.94. The van der Waals surface area contributed by atoms with Gasteiger partial charge in [-0.25, -0.2) is 0 Å². The monoisotopic (exact) mass is 184 g/mol. The van der Waals surface area contributed by atoms with Gasteiger partial charge in [-0.15, -0.1) is 0 Å². The van der Waals surface area contributed by atoms with Gasteiger partial charge in [-0.05, 0) is 6.92 Å². The van der Waals surface area contributed by atoms with Gasteiger partial charge in [-0.2, -0.15) is 0 Å². The molecule has 0 bridgehead atoms. The summed E-state index contributed by atoms with van der Waals surface area (Å²) in [7, 11) is 0. The quantitative estimate of drug-likeness (QED) is 0.562. The van der Waals surface area contributed by atoms with Gasteiger partial charge in [-0.1, -0.05) is 41.9 Å². The first-order valence-corrected chi connectivity index (χ1v) is 3.91. The van der Waals surface area contributed by atoms with E-state index in [4.69, 9.17) is 16.7 Å². The standard InChI is InChI=1S/C9H9ClO2/c1-9(10,12)8(11)7-5-3-2-4-6-7/h2-6,12H,1H3. The van der Waals surface area contributed by atoms with Crippen LogP contribution in [-0.2, 0) is 0 Å². The van der Waals surface area contributed by atoms with Crippen LogP contribution < -0.4 is 0 Å². The summed E-state index contributed by atoms with van der Waals surface area (Å²) in [5, 5.41) is 7.35. The summed E-state index contributed by atoms with van der Waals surface area (Å²) in [6.07, 6.45) is 0. The molecule has 0 aliphatic rings. The SMILES string of the molecule is CC(O)(Cl)C(=O)c1ccccc1. The largest absolute Gasteiger partial charge is 0.369 e. The first-order chi connectivity index (χ1) is 5.52. The van der Waals surface area contributed by atoms with Crippen LogP contribution in [-0.4, -0.2) is 16.0 Å². The number of halogens is 1. The second-order valence-corrected chi connectivity index (χ2v) is 3.38. The molecule has 0 heterocycles. The molecule has 0 spiro atoms. The summed E-state index contributed by atoms with van der Waals surface area (Å²) in [6, 6.07) is 8.45. The predicted octanol–water partition coefficient (Wildman–Crippen LogP) is 1.82. The van der Waals surface area contributed by atoms with E-state index in [1.807, 2.05) is 0 Å². The predicted molar refractivity (Wildman–Crippen MR) is 47.2 cm³/mol. The molecule has 1 N–H and O–H groups in total. The first-order valence-electron chi connectivity index (χ1n) is 3.53. The summed E-state index contributed by atoms with van der Waals surface area (Å²) < 4.78 is 0. The number of carbonyl (C=O) groups is 1. The van der Waals surface area contributed by atoms with Crippen LogP contribution in [0.3, 0.4) is 0 Å².